The van der Waals surface area contributed by atoms with E-state index in [1.54, 1.807) is 24.5 Å². The molecule has 9 heteroatoms. The van der Waals surface area contributed by atoms with Gasteiger partial charge in [-0.3, -0.25) is 0 Å². The molecular weight excluding hydrogens is 467 g/mol. The third kappa shape index (κ3) is 3.14. The summed E-state index contributed by atoms with van der Waals surface area (Å²) in [5.41, 5.74) is 10.7. The van der Waals surface area contributed by atoms with Gasteiger partial charge in [-0.1, -0.05) is 12.1 Å². The van der Waals surface area contributed by atoms with Gasteiger partial charge in [0.05, 0.1) is 27.1 Å². The van der Waals surface area contributed by atoms with E-state index in [2.05, 4.69) is 16.4 Å². The van der Waals surface area contributed by atoms with Gasteiger partial charge in [0.15, 0.2) is 9.50 Å². The number of aromatic amines is 1. The number of anilines is 1. The van der Waals surface area contributed by atoms with Crippen LogP contribution in [0.5, 0.6) is 0 Å². The van der Waals surface area contributed by atoms with E-state index in [1.165, 1.54) is 17.8 Å². The van der Waals surface area contributed by atoms with Gasteiger partial charge in [0, 0.05) is 29.8 Å². The topological polar surface area (TPSA) is 92.5 Å². The Morgan fingerprint density at radius 1 is 1.12 bits per heavy atom. The van der Waals surface area contributed by atoms with Gasteiger partial charge < -0.3 is 16.0 Å². The molecule has 4 N–H and O–H groups in total. The number of fused-ring (bicyclic) bond motifs is 6. The number of nitrogens with zero attached hydrogens (tertiary/aromatic N) is 3. The van der Waals surface area contributed by atoms with E-state index < -0.39 is 0 Å². The summed E-state index contributed by atoms with van der Waals surface area (Å²) in [5.74, 6) is 1.09. The number of H-pyrrole nitrogens is 1. The summed E-state index contributed by atoms with van der Waals surface area (Å²) in [6, 6.07) is 11.5. The van der Waals surface area contributed by atoms with E-state index in [0.29, 0.717) is 28.6 Å². The van der Waals surface area contributed by atoms with Crippen LogP contribution < -0.4 is 11.1 Å². The molecule has 4 atom stereocenters. The summed E-state index contributed by atoms with van der Waals surface area (Å²) in [4.78, 5) is 18.2. The number of halogens is 1. The summed E-state index contributed by atoms with van der Waals surface area (Å²) in [6.07, 6.45) is 3.21. The third-order valence-corrected chi connectivity index (χ3v) is 9.48. The molecule has 34 heavy (non-hydrogen) atoms. The molecule has 0 radical (unpaired) electrons. The molecule has 0 aliphatic heterocycles. The van der Waals surface area contributed by atoms with Gasteiger partial charge >= 0.3 is 0 Å². The van der Waals surface area contributed by atoms with Crippen molar-refractivity contribution in [2.45, 2.75) is 40.7 Å². The highest BCUT2D eigenvalue weighted by Crippen LogP contribution is 2.54. The molecule has 2 bridgehead atoms. The number of para-hydroxylation sites is 1. The molecule has 172 valence electrons. The SMILES string of the molecule is CNc1cc(F)cc2c1[nH]c1nc(Sc3nc4ccccc4s3)nc(C3C[C@H]4C[C@@H]3C[C@H]4N)c12. The highest BCUT2D eigenvalue weighted by Gasteiger charge is 2.46. The maximum atomic E-state index is 14.5. The maximum Gasteiger partial charge on any atom is 0.196 e. The van der Waals surface area contributed by atoms with Crippen molar-refractivity contribution < 1.29 is 4.39 Å². The van der Waals surface area contributed by atoms with Gasteiger partial charge in [-0.2, -0.15) is 0 Å². The van der Waals surface area contributed by atoms with Crippen LogP contribution in [0.4, 0.5) is 10.1 Å². The average molecular weight is 491 g/mol. The maximum absolute atomic E-state index is 14.5. The van der Waals surface area contributed by atoms with E-state index in [-0.39, 0.29) is 11.9 Å². The van der Waals surface area contributed by atoms with E-state index in [0.717, 1.165) is 61.4 Å². The monoisotopic (exact) mass is 490 g/mol. The standard InChI is InChI=1S/C25H23FN6S2/c1-28-18-10-13(26)9-15-20-22(14-7-12-6-11(14)8-16(12)27)31-24(32-23(20)30-21(15)18)34-25-29-17-4-2-3-5-19(17)33-25/h2-5,9-12,14,16,28H,6-8,27H2,1H3,(H,30,31,32)/t11-,12-,14?,16-/m1/s1. The number of hydrogen-bond acceptors (Lipinski definition) is 7. The van der Waals surface area contributed by atoms with Gasteiger partial charge in [0.1, 0.15) is 11.5 Å². The highest BCUT2D eigenvalue weighted by molar-refractivity contribution is 8.01. The zero-order valence-corrected chi connectivity index (χ0v) is 20.1. The second kappa shape index (κ2) is 7.63. The number of hydrogen-bond donors (Lipinski definition) is 3. The molecule has 0 spiro atoms. The van der Waals surface area contributed by atoms with Crippen LogP contribution in [0.3, 0.4) is 0 Å². The molecule has 3 heterocycles. The lowest BCUT2D eigenvalue weighted by molar-refractivity contribution is 0.371. The van der Waals surface area contributed by atoms with Crippen LogP contribution in [0.25, 0.3) is 32.2 Å². The predicted molar refractivity (Wildman–Crippen MR) is 136 cm³/mol. The molecule has 7 rings (SSSR count). The van der Waals surface area contributed by atoms with Crippen molar-refractivity contribution in [1.29, 1.82) is 0 Å². The van der Waals surface area contributed by atoms with Crippen molar-refractivity contribution in [2.24, 2.45) is 17.6 Å². The number of nitrogens with one attached hydrogen (secondary N) is 2. The van der Waals surface area contributed by atoms with Crippen LogP contribution in [0.1, 0.15) is 30.9 Å². The zero-order valence-electron chi connectivity index (χ0n) is 18.5. The van der Waals surface area contributed by atoms with Crippen molar-refractivity contribution >= 4 is 60.9 Å². The van der Waals surface area contributed by atoms with Gasteiger partial charge in [-0.15, -0.1) is 11.3 Å². The van der Waals surface area contributed by atoms with E-state index in [4.69, 9.17) is 20.7 Å². The first-order valence-corrected chi connectivity index (χ1v) is 13.2. The quantitative estimate of drug-likeness (QED) is 0.272. The normalized spacial score (nSPS) is 24.1. The largest absolute Gasteiger partial charge is 0.386 e. The lowest BCUT2D eigenvalue weighted by Gasteiger charge is -2.25. The predicted octanol–water partition coefficient (Wildman–Crippen LogP) is 5.89. The molecule has 5 aromatic rings. The molecular formula is C25H23FN6S2. The second-order valence-electron chi connectivity index (χ2n) is 9.41. The number of thiazole rings is 1. The summed E-state index contributed by atoms with van der Waals surface area (Å²) in [6.45, 7) is 0. The van der Waals surface area contributed by atoms with Crippen LogP contribution in [0.2, 0.25) is 0 Å². The van der Waals surface area contributed by atoms with Crippen LogP contribution in [0, 0.1) is 17.7 Å². The van der Waals surface area contributed by atoms with Crippen molar-refractivity contribution in [3.63, 3.8) is 0 Å². The van der Waals surface area contributed by atoms with Crippen LogP contribution in [0.15, 0.2) is 45.9 Å². The smallest absolute Gasteiger partial charge is 0.196 e. The molecule has 3 aromatic heterocycles. The van der Waals surface area contributed by atoms with Gasteiger partial charge in [-0.05, 0) is 67.1 Å². The Bertz CT molecular complexity index is 1540. The molecule has 1 unspecified atom stereocenters. The first-order chi connectivity index (χ1) is 16.6. The summed E-state index contributed by atoms with van der Waals surface area (Å²) >= 11 is 3.14. The Kier molecular flexibility index (Phi) is 4.62. The molecule has 2 aliphatic rings. The lowest BCUT2D eigenvalue weighted by atomic mass is 9.83. The summed E-state index contributed by atoms with van der Waals surface area (Å²) in [5, 5.41) is 5.55. The molecule has 2 fully saturated rings. The first kappa shape index (κ1) is 20.6. The Labute approximate surface area is 203 Å². The van der Waals surface area contributed by atoms with Crippen molar-refractivity contribution in [1.82, 2.24) is 19.9 Å². The fourth-order valence-corrected chi connectivity index (χ4v) is 7.95. The number of nitrogens with two attached hydrogens (primary N) is 1. The second-order valence-corrected chi connectivity index (χ2v) is 11.7. The Balaban J connectivity index is 1.42. The molecule has 2 aliphatic carbocycles. The summed E-state index contributed by atoms with van der Waals surface area (Å²) in [7, 11) is 1.80. The Morgan fingerprint density at radius 2 is 2.00 bits per heavy atom. The lowest BCUT2D eigenvalue weighted by Crippen LogP contribution is -2.29. The number of benzene rings is 2. The van der Waals surface area contributed by atoms with Crippen molar-refractivity contribution in [3.05, 3.63) is 47.9 Å². The zero-order chi connectivity index (χ0) is 23.0. The minimum Gasteiger partial charge on any atom is -0.386 e. The molecule has 6 nitrogen and oxygen atoms in total. The van der Waals surface area contributed by atoms with Crippen LogP contribution in [-0.2, 0) is 0 Å². The number of aromatic nitrogens is 4. The fraction of sp³-hybridized carbons (Fsp3) is 0.320. The fourth-order valence-electron chi connectivity index (χ4n) is 6.01. The van der Waals surface area contributed by atoms with Crippen LogP contribution >= 0.6 is 23.1 Å². The van der Waals surface area contributed by atoms with E-state index >= 15 is 0 Å². The minimum atomic E-state index is -0.272. The van der Waals surface area contributed by atoms with E-state index in [1.807, 2.05) is 18.2 Å². The third-order valence-electron chi connectivity index (χ3n) is 7.52. The van der Waals surface area contributed by atoms with Crippen LogP contribution in [-0.4, -0.2) is 33.0 Å². The molecule has 0 amide bonds. The van der Waals surface area contributed by atoms with Gasteiger partial charge in [0.25, 0.3) is 0 Å². The Hall–Kier alpha value is -2.75. The van der Waals surface area contributed by atoms with E-state index in [9.17, 15) is 4.39 Å². The average Bonchev–Trinajstić information content (AvgIpc) is 3.58. The molecule has 2 saturated carbocycles. The van der Waals surface area contributed by atoms with Gasteiger partial charge in [0.2, 0.25) is 0 Å². The van der Waals surface area contributed by atoms with Crippen molar-refractivity contribution in [2.75, 3.05) is 12.4 Å². The minimum absolute atomic E-state index is 0.272. The Morgan fingerprint density at radius 3 is 2.76 bits per heavy atom. The summed E-state index contributed by atoms with van der Waals surface area (Å²) < 4.78 is 16.6. The van der Waals surface area contributed by atoms with Crippen molar-refractivity contribution in [3.8, 4) is 0 Å². The molecule has 0 saturated heterocycles. The molecule has 2 aromatic carbocycles. The number of rotatable bonds is 4. The first-order valence-electron chi connectivity index (χ1n) is 11.6. The van der Waals surface area contributed by atoms with Gasteiger partial charge in [-0.25, -0.2) is 19.3 Å². The highest BCUT2D eigenvalue weighted by atomic mass is 32.2.